The minimum absolute atomic E-state index is 0.0148. The Bertz CT molecular complexity index is 565. The Morgan fingerprint density at radius 3 is 2.75 bits per heavy atom. The highest BCUT2D eigenvalue weighted by atomic mass is 16.5. The van der Waals surface area contributed by atoms with Gasteiger partial charge >= 0.3 is 0 Å². The predicted octanol–water partition coefficient (Wildman–Crippen LogP) is 1.59. The van der Waals surface area contributed by atoms with Crippen molar-refractivity contribution in [3.8, 4) is 11.5 Å². The molecule has 2 aliphatic heterocycles. The van der Waals surface area contributed by atoms with Crippen LogP contribution in [-0.4, -0.2) is 52.5 Å². The highest BCUT2D eigenvalue weighted by Gasteiger charge is 2.32. The van der Waals surface area contributed by atoms with Crippen molar-refractivity contribution < 1.29 is 19.0 Å². The molecule has 0 saturated carbocycles. The van der Waals surface area contributed by atoms with E-state index in [1.54, 1.807) is 19.2 Å². The molecule has 2 N–H and O–H groups in total. The summed E-state index contributed by atoms with van der Waals surface area (Å²) in [6.07, 6.45) is 2.86. The zero-order chi connectivity index (χ0) is 16.8. The topological polar surface area (TPSA) is 68.8 Å². The third-order valence-electron chi connectivity index (χ3n) is 4.75. The summed E-state index contributed by atoms with van der Waals surface area (Å²) < 4.78 is 16.7. The Labute approximate surface area is 142 Å². The first-order chi connectivity index (χ1) is 11.7. The molecular formula is C18H26N2O4. The summed E-state index contributed by atoms with van der Waals surface area (Å²) in [6, 6.07) is 5.36. The van der Waals surface area contributed by atoms with Gasteiger partial charge in [-0.15, -0.1) is 0 Å². The van der Waals surface area contributed by atoms with Crippen molar-refractivity contribution in [1.29, 1.82) is 0 Å². The molecule has 0 aromatic heterocycles. The van der Waals surface area contributed by atoms with Crippen molar-refractivity contribution >= 4 is 5.91 Å². The standard InChI is InChI=1S/C18H26N2O4/c1-22-13-18(5-7-19-8-6-18)12-20-17(21)14-3-4-15-16(11-14)24-10-2-9-23-15/h3-4,11,19H,2,5-10,12-13H2,1H3,(H,20,21). The first-order valence-corrected chi connectivity index (χ1v) is 8.60. The highest BCUT2D eigenvalue weighted by molar-refractivity contribution is 5.94. The maximum absolute atomic E-state index is 12.5. The summed E-state index contributed by atoms with van der Waals surface area (Å²) in [5, 5.41) is 6.43. The van der Waals surface area contributed by atoms with Crippen molar-refractivity contribution in [2.45, 2.75) is 19.3 Å². The van der Waals surface area contributed by atoms with E-state index in [2.05, 4.69) is 10.6 Å². The van der Waals surface area contributed by atoms with E-state index in [0.29, 0.717) is 43.4 Å². The smallest absolute Gasteiger partial charge is 0.251 e. The van der Waals surface area contributed by atoms with Crippen LogP contribution in [0.15, 0.2) is 18.2 Å². The molecule has 2 heterocycles. The molecule has 6 nitrogen and oxygen atoms in total. The Balaban J connectivity index is 1.65. The number of nitrogens with one attached hydrogen (secondary N) is 2. The van der Waals surface area contributed by atoms with E-state index < -0.39 is 0 Å². The van der Waals surface area contributed by atoms with Gasteiger partial charge in [0.25, 0.3) is 5.91 Å². The number of carbonyl (C=O) groups excluding carboxylic acids is 1. The monoisotopic (exact) mass is 334 g/mol. The molecule has 0 spiro atoms. The molecule has 0 aliphatic carbocycles. The summed E-state index contributed by atoms with van der Waals surface area (Å²) in [7, 11) is 1.72. The Morgan fingerprint density at radius 2 is 2.00 bits per heavy atom. The minimum atomic E-state index is -0.0837. The fourth-order valence-electron chi connectivity index (χ4n) is 3.31. The van der Waals surface area contributed by atoms with E-state index in [4.69, 9.17) is 14.2 Å². The van der Waals surface area contributed by atoms with Crippen LogP contribution < -0.4 is 20.1 Å². The van der Waals surface area contributed by atoms with E-state index in [-0.39, 0.29) is 11.3 Å². The average molecular weight is 334 g/mol. The van der Waals surface area contributed by atoms with Gasteiger partial charge in [0, 0.05) is 31.1 Å². The van der Waals surface area contributed by atoms with Crippen LogP contribution in [0.2, 0.25) is 0 Å². The van der Waals surface area contributed by atoms with Crippen molar-refractivity contribution in [3.63, 3.8) is 0 Å². The SMILES string of the molecule is COCC1(CNC(=O)c2ccc3c(c2)OCCCO3)CCNCC1. The maximum Gasteiger partial charge on any atom is 0.251 e. The van der Waals surface area contributed by atoms with Crippen molar-refractivity contribution in [1.82, 2.24) is 10.6 Å². The summed E-state index contributed by atoms with van der Waals surface area (Å²) in [5.74, 6) is 1.27. The third-order valence-corrected chi connectivity index (χ3v) is 4.75. The third kappa shape index (κ3) is 3.99. The van der Waals surface area contributed by atoms with Crippen LogP contribution in [0, 0.1) is 5.41 Å². The van der Waals surface area contributed by atoms with Crippen molar-refractivity contribution in [2.75, 3.05) is 46.6 Å². The van der Waals surface area contributed by atoms with E-state index in [1.807, 2.05) is 6.07 Å². The van der Waals surface area contributed by atoms with Gasteiger partial charge in [0.15, 0.2) is 11.5 Å². The van der Waals surface area contributed by atoms with Crippen LogP contribution >= 0.6 is 0 Å². The first kappa shape index (κ1) is 17.0. The second kappa shape index (κ2) is 7.85. The van der Waals surface area contributed by atoms with Gasteiger partial charge in [-0.05, 0) is 44.1 Å². The number of hydrogen-bond acceptors (Lipinski definition) is 5. The number of amides is 1. The largest absolute Gasteiger partial charge is 0.490 e. The van der Waals surface area contributed by atoms with Crippen LogP contribution in [0.4, 0.5) is 0 Å². The van der Waals surface area contributed by atoms with Gasteiger partial charge in [0.2, 0.25) is 0 Å². The zero-order valence-corrected chi connectivity index (χ0v) is 14.2. The molecule has 3 rings (SSSR count). The number of piperidine rings is 1. The van der Waals surface area contributed by atoms with E-state index in [9.17, 15) is 4.79 Å². The van der Waals surface area contributed by atoms with Crippen LogP contribution in [-0.2, 0) is 4.74 Å². The number of fused-ring (bicyclic) bond motifs is 1. The van der Waals surface area contributed by atoms with E-state index in [1.165, 1.54) is 0 Å². The van der Waals surface area contributed by atoms with Crippen LogP contribution in [0.3, 0.4) is 0 Å². The quantitative estimate of drug-likeness (QED) is 0.856. The highest BCUT2D eigenvalue weighted by Crippen LogP contribution is 2.31. The molecule has 0 atom stereocenters. The average Bonchev–Trinajstić information content (AvgIpc) is 2.85. The Kier molecular flexibility index (Phi) is 5.58. The fourth-order valence-corrected chi connectivity index (χ4v) is 3.31. The molecular weight excluding hydrogens is 308 g/mol. The lowest BCUT2D eigenvalue weighted by Gasteiger charge is -2.37. The van der Waals surface area contributed by atoms with Crippen LogP contribution in [0.25, 0.3) is 0 Å². The molecule has 6 heteroatoms. The number of carbonyl (C=O) groups is 1. The summed E-state index contributed by atoms with van der Waals surface area (Å²) in [5.41, 5.74) is 0.613. The van der Waals surface area contributed by atoms with Gasteiger partial charge in [-0.1, -0.05) is 0 Å². The normalized spacial score (nSPS) is 19.4. The summed E-state index contributed by atoms with van der Waals surface area (Å²) in [6.45, 7) is 4.46. The number of benzene rings is 1. The molecule has 1 fully saturated rings. The molecule has 2 aliphatic rings. The summed E-state index contributed by atoms with van der Waals surface area (Å²) >= 11 is 0. The Hall–Kier alpha value is -1.79. The minimum Gasteiger partial charge on any atom is -0.490 e. The van der Waals surface area contributed by atoms with Crippen molar-refractivity contribution in [2.24, 2.45) is 5.41 Å². The molecule has 0 radical (unpaired) electrons. The zero-order valence-electron chi connectivity index (χ0n) is 14.2. The second-order valence-corrected chi connectivity index (χ2v) is 6.58. The van der Waals surface area contributed by atoms with Gasteiger partial charge in [-0.3, -0.25) is 4.79 Å². The van der Waals surface area contributed by atoms with Crippen molar-refractivity contribution in [3.05, 3.63) is 23.8 Å². The number of ether oxygens (including phenoxy) is 3. The molecule has 132 valence electrons. The second-order valence-electron chi connectivity index (χ2n) is 6.58. The fraction of sp³-hybridized carbons (Fsp3) is 0.611. The number of hydrogen-bond donors (Lipinski definition) is 2. The molecule has 0 unspecified atom stereocenters. The molecule has 1 amide bonds. The lowest BCUT2D eigenvalue weighted by molar-refractivity contribution is 0.0511. The molecule has 1 aromatic carbocycles. The van der Waals surface area contributed by atoms with Crippen LogP contribution in [0.1, 0.15) is 29.6 Å². The summed E-state index contributed by atoms with van der Waals surface area (Å²) in [4.78, 5) is 12.5. The predicted molar refractivity (Wildman–Crippen MR) is 90.8 cm³/mol. The molecule has 24 heavy (non-hydrogen) atoms. The number of methoxy groups -OCH3 is 1. The van der Waals surface area contributed by atoms with Gasteiger partial charge in [0.1, 0.15) is 0 Å². The van der Waals surface area contributed by atoms with Gasteiger partial charge in [-0.2, -0.15) is 0 Å². The molecule has 0 bridgehead atoms. The lowest BCUT2D eigenvalue weighted by atomic mass is 9.79. The molecule has 1 saturated heterocycles. The van der Waals surface area contributed by atoms with Crippen LogP contribution in [0.5, 0.6) is 11.5 Å². The number of rotatable bonds is 5. The van der Waals surface area contributed by atoms with E-state index >= 15 is 0 Å². The maximum atomic E-state index is 12.5. The van der Waals surface area contributed by atoms with Gasteiger partial charge in [-0.25, -0.2) is 0 Å². The van der Waals surface area contributed by atoms with E-state index in [0.717, 1.165) is 32.4 Å². The Morgan fingerprint density at radius 1 is 1.25 bits per heavy atom. The first-order valence-electron chi connectivity index (χ1n) is 8.60. The van der Waals surface area contributed by atoms with Gasteiger partial charge in [0.05, 0.1) is 19.8 Å². The molecule has 1 aromatic rings. The van der Waals surface area contributed by atoms with Gasteiger partial charge < -0.3 is 24.8 Å². The lowest BCUT2D eigenvalue weighted by Crippen LogP contribution is -2.47.